The number of rotatable bonds is 2. The van der Waals surface area contributed by atoms with Gasteiger partial charge >= 0.3 is 5.69 Å². The molecule has 1 aromatic carbocycles. The molecule has 3 rings (SSSR count). The van der Waals surface area contributed by atoms with E-state index in [4.69, 9.17) is 0 Å². The molecular weight excluding hydrogens is 228 g/mol. The van der Waals surface area contributed by atoms with Crippen molar-refractivity contribution in [1.82, 2.24) is 19.7 Å². The summed E-state index contributed by atoms with van der Waals surface area (Å²) >= 11 is 0. The van der Waals surface area contributed by atoms with Gasteiger partial charge in [0.05, 0.1) is 5.69 Å². The number of pyridine rings is 1. The monoisotopic (exact) mass is 238 g/mol. The second kappa shape index (κ2) is 4.29. The van der Waals surface area contributed by atoms with Crippen LogP contribution in [-0.4, -0.2) is 19.7 Å². The summed E-state index contributed by atoms with van der Waals surface area (Å²) in [6.07, 6.45) is 1.67. The number of para-hydroxylation sites is 1. The third kappa shape index (κ3) is 1.71. The van der Waals surface area contributed by atoms with Crippen LogP contribution < -0.4 is 5.69 Å². The summed E-state index contributed by atoms with van der Waals surface area (Å²) in [6.45, 7) is 0. The average Bonchev–Trinajstić information content (AvgIpc) is 2.83. The van der Waals surface area contributed by atoms with Crippen LogP contribution in [0.2, 0.25) is 0 Å². The molecule has 0 radical (unpaired) electrons. The first-order valence-electron chi connectivity index (χ1n) is 5.50. The van der Waals surface area contributed by atoms with Gasteiger partial charge in [-0.1, -0.05) is 24.3 Å². The van der Waals surface area contributed by atoms with Crippen molar-refractivity contribution >= 4 is 0 Å². The largest absolute Gasteiger partial charge is 0.348 e. The van der Waals surface area contributed by atoms with E-state index in [0.29, 0.717) is 11.5 Å². The van der Waals surface area contributed by atoms with Crippen molar-refractivity contribution in [2.45, 2.75) is 0 Å². The lowest BCUT2D eigenvalue weighted by molar-refractivity contribution is 0.983. The van der Waals surface area contributed by atoms with Gasteiger partial charge in [-0.15, -0.1) is 0 Å². The minimum Gasteiger partial charge on any atom is -0.253 e. The molecule has 0 aliphatic heterocycles. The van der Waals surface area contributed by atoms with Crippen LogP contribution in [0.15, 0.2) is 59.5 Å². The van der Waals surface area contributed by atoms with Crippen molar-refractivity contribution < 1.29 is 0 Å². The molecule has 0 aliphatic carbocycles. The molecule has 0 fully saturated rings. The average molecular weight is 238 g/mol. The third-order valence-electron chi connectivity index (χ3n) is 2.58. The van der Waals surface area contributed by atoms with Gasteiger partial charge in [-0.2, -0.15) is 5.10 Å². The topological polar surface area (TPSA) is 63.6 Å². The highest BCUT2D eigenvalue weighted by Gasteiger charge is 2.12. The van der Waals surface area contributed by atoms with Crippen LogP contribution in [-0.2, 0) is 0 Å². The zero-order valence-electron chi connectivity index (χ0n) is 9.45. The van der Waals surface area contributed by atoms with E-state index in [1.54, 1.807) is 6.20 Å². The molecule has 5 heteroatoms. The smallest absolute Gasteiger partial charge is 0.253 e. The lowest BCUT2D eigenvalue weighted by Gasteiger charge is -2.04. The highest BCUT2D eigenvalue weighted by atomic mass is 16.1. The summed E-state index contributed by atoms with van der Waals surface area (Å²) in [4.78, 5) is 16.0. The first-order valence-corrected chi connectivity index (χ1v) is 5.50. The highest BCUT2D eigenvalue weighted by molar-refractivity contribution is 5.52. The van der Waals surface area contributed by atoms with Crippen molar-refractivity contribution in [1.29, 1.82) is 0 Å². The molecule has 0 unspecified atom stereocenters. The summed E-state index contributed by atoms with van der Waals surface area (Å²) in [5.74, 6) is 0.506. The Morgan fingerprint density at radius 2 is 1.78 bits per heavy atom. The first-order chi connectivity index (χ1) is 8.86. The molecule has 0 saturated carbocycles. The number of H-pyrrole nitrogens is 1. The number of nitrogens with zero attached hydrogens (tertiary/aromatic N) is 3. The molecule has 2 aromatic heterocycles. The second-order valence-corrected chi connectivity index (χ2v) is 3.74. The summed E-state index contributed by atoms with van der Waals surface area (Å²) in [7, 11) is 0. The molecule has 0 aliphatic rings. The predicted molar refractivity (Wildman–Crippen MR) is 67.4 cm³/mol. The van der Waals surface area contributed by atoms with E-state index in [1.807, 2.05) is 48.5 Å². The van der Waals surface area contributed by atoms with E-state index < -0.39 is 0 Å². The van der Waals surface area contributed by atoms with E-state index in [0.717, 1.165) is 5.69 Å². The Bertz CT molecular complexity index is 701. The Labute approximate surface area is 103 Å². The number of nitrogens with one attached hydrogen (secondary N) is 1. The Balaban J connectivity index is 2.23. The fourth-order valence-corrected chi connectivity index (χ4v) is 1.78. The van der Waals surface area contributed by atoms with Crippen molar-refractivity contribution in [3.8, 4) is 17.2 Å². The van der Waals surface area contributed by atoms with Crippen LogP contribution in [0.4, 0.5) is 0 Å². The van der Waals surface area contributed by atoms with Crippen molar-refractivity contribution in [3.63, 3.8) is 0 Å². The van der Waals surface area contributed by atoms with Crippen molar-refractivity contribution in [2.75, 3.05) is 0 Å². The van der Waals surface area contributed by atoms with Gasteiger partial charge in [0, 0.05) is 6.20 Å². The lowest BCUT2D eigenvalue weighted by atomic mass is 10.3. The van der Waals surface area contributed by atoms with E-state index in [1.165, 1.54) is 4.57 Å². The number of aromatic amines is 1. The molecule has 88 valence electrons. The normalized spacial score (nSPS) is 10.4. The predicted octanol–water partition coefficient (Wildman–Crippen LogP) is 1.62. The van der Waals surface area contributed by atoms with Crippen LogP contribution in [0.25, 0.3) is 17.2 Å². The quantitative estimate of drug-likeness (QED) is 0.738. The van der Waals surface area contributed by atoms with Crippen LogP contribution in [0.3, 0.4) is 0 Å². The van der Waals surface area contributed by atoms with E-state index in [9.17, 15) is 4.79 Å². The van der Waals surface area contributed by atoms with Gasteiger partial charge in [0.1, 0.15) is 5.69 Å². The van der Waals surface area contributed by atoms with Gasteiger partial charge in [0.15, 0.2) is 5.82 Å². The van der Waals surface area contributed by atoms with Gasteiger partial charge in [-0.05, 0) is 24.3 Å². The van der Waals surface area contributed by atoms with Gasteiger partial charge in [0.25, 0.3) is 0 Å². The molecular formula is C13H10N4O. The van der Waals surface area contributed by atoms with E-state index in [2.05, 4.69) is 15.2 Å². The summed E-state index contributed by atoms with van der Waals surface area (Å²) in [5, 5.41) is 6.48. The van der Waals surface area contributed by atoms with Crippen molar-refractivity contribution in [3.05, 3.63) is 65.2 Å². The maximum Gasteiger partial charge on any atom is 0.348 e. The minimum absolute atomic E-state index is 0.276. The van der Waals surface area contributed by atoms with Gasteiger partial charge in [0.2, 0.25) is 0 Å². The minimum atomic E-state index is -0.276. The summed E-state index contributed by atoms with van der Waals surface area (Å²) < 4.78 is 1.50. The zero-order chi connectivity index (χ0) is 12.4. The standard InChI is InChI=1S/C13H10N4O/c18-13-16-15-12(11-8-4-5-9-14-11)17(13)10-6-2-1-3-7-10/h1-9H,(H,16,18). The molecule has 18 heavy (non-hydrogen) atoms. The SMILES string of the molecule is O=c1[nH]nc(-c2ccccn2)n1-c1ccccc1. The fraction of sp³-hybridized carbons (Fsp3) is 0. The summed E-state index contributed by atoms with van der Waals surface area (Å²) in [5.41, 5.74) is 1.14. The molecule has 3 aromatic rings. The molecule has 2 heterocycles. The highest BCUT2D eigenvalue weighted by Crippen LogP contribution is 2.15. The third-order valence-corrected chi connectivity index (χ3v) is 2.58. The molecule has 0 spiro atoms. The maximum atomic E-state index is 11.8. The Morgan fingerprint density at radius 3 is 2.50 bits per heavy atom. The van der Waals surface area contributed by atoms with Gasteiger partial charge in [-0.3, -0.25) is 4.98 Å². The van der Waals surface area contributed by atoms with Crippen LogP contribution in [0.1, 0.15) is 0 Å². The Kier molecular flexibility index (Phi) is 2.49. The summed E-state index contributed by atoms with van der Waals surface area (Å²) in [6, 6.07) is 14.8. The Morgan fingerprint density at radius 1 is 1.00 bits per heavy atom. The number of hydrogen-bond donors (Lipinski definition) is 1. The molecule has 0 saturated heterocycles. The molecule has 0 amide bonds. The van der Waals surface area contributed by atoms with E-state index in [-0.39, 0.29) is 5.69 Å². The number of hydrogen-bond acceptors (Lipinski definition) is 3. The van der Waals surface area contributed by atoms with Crippen molar-refractivity contribution in [2.24, 2.45) is 0 Å². The van der Waals surface area contributed by atoms with E-state index >= 15 is 0 Å². The maximum absolute atomic E-state index is 11.8. The molecule has 0 bridgehead atoms. The number of benzene rings is 1. The van der Waals surface area contributed by atoms with Gasteiger partial charge < -0.3 is 0 Å². The zero-order valence-corrected chi connectivity index (χ0v) is 9.45. The Hall–Kier alpha value is -2.69. The second-order valence-electron chi connectivity index (χ2n) is 3.74. The molecule has 0 atom stereocenters. The molecule has 1 N–H and O–H groups in total. The first kappa shape index (κ1) is 10.5. The van der Waals surface area contributed by atoms with Crippen LogP contribution in [0.5, 0.6) is 0 Å². The number of aromatic nitrogens is 4. The lowest BCUT2D eigenvalue weighted by Crippen LogP contribution is -2.15. The fourth-order valence-electron chi connectivity index (χ4n) is 1.78. The molecule has 5 nitrogen and oxygen atoms in total. The van der Waals surface area contributed by atoms with Crippen LogP contribution >= 0.6 is 0 Å². The van der Waals surface area contributed by atoms with Crippen LogP contribution in [0, 0.1) is 0 Å². The van der Waals surface area contributed by atoms with Gasteiger partial charge in [-0.25, -0.2) is 14.5 Å².